The Hall–Kier alpha value is -3.17. The summed E-state index contributed by atoms with van der Waals surface area (Å²) in [5, 5.41) is 3.97. The number of aryl methyl sites for hydroxylation is 1. The molecule has 0 aromatic heterocycles. The van der Waals surface area contributed by atoms with Crippen LogP contribution in [0.5, 0.6) is 5.75 Å². The number of ether oxygens (including phenoxy) is 1. The van der Waals surface area contributed by atoms with Gasteiger partial charge in [0.25, 0.3) is 15.9 Å². The van der Waals surface area contributed by atoms with Crippen molar-refractivity contribution in [3.63, 3.8) is 0 Å². The van der Waals surface area contributed by atoms with E-state index in [9.17, 15) is 13.2 Å². The van der Waals surface area contributed by atoms with Crippen molar-refractivity contribution in [1.82, 2.24) is 5.43 Å². The van der Waals surface area contributed by atoms with E-state index in [-0.39, 0.29) is 4.90 Å². The van der Waals surface area contributed by atoms with Crippen LogP contribution < -0.4 is 14.5 Å². The predicted molar refractivity (Wildman–Crippen MR) is 129 cm³/mol. The Balaban J connectivity index is 1.85. The Labute approximate surface area is 195 Å². The van der Waals surface area contributed by atoms with Crippen LogP contribution in [0.1, 0.15) is 11.1 Å². The number of halogens is 1. The van der Waals surface area contributed by atoms with Crippen LogP contribution in [0.25, 0.3) is 0 Å². The highest BCUT2D eigenvalue weighted by atomic mass is 79.9. The van der Waals surface area contributed by atoms with Crippen molar-refractivity contribution in [2.75, 3.05) is 18.0 Å². The zero-order valence-electron chi connectivity index (χ0n) is 17.5. The molecule has 0 saturated heterocycles. The van der Waals surface area contributed by atoms with Crippen molar-refractivity contribution in [2.24, 2.45) is 5.10 Å². The molecule has 0 fully saturated rings. The lowest BCUT2D eigenvalue weighted by Crippen LogP contribution is -2.40. The van der Waals surface area contributed by atoms with Crippen LogP contribution >= 0.6 is 15.9 Å². The van der Waals surface area contributed by atoms with Gasteiger partial charge in [0.2, 0.25) is 0 Å². The van der Waals surface area contributed by atoms with E-state index in [1.165, 1.54) is 25.5 Å². The number of hydrazone groups is 1. The summed E-state index contributed by atoms with van der Waals surface area (Å²) in [4.78, 5) is 12.8. The molecule has 3 aromatic rings. The standard InChI is InChI=1S/C23H22BrN3O4S/c1-17-8-6-7-11-21(17)27(32(29,30)20-9-4-3-5-10-20)16-23(28)26-25-15-18-14-19(24)12-13-22(18)31-2/h3-15H,16H2,1-2H3,(H,26,28)/b25-15+. The van der Waals surface area contributed by atoms with Crippen LogP contribution in [-0.2, 0) is 14.8 Å². The van der Waals surface area contributed by atoms with E-state index >= 15 is 0 Å². The second-order valence-electron chi connectivity index (χ2n) is 6.79. The fourth-order valence-electron chi connectivity index (χ4n) is 3.01. The molecule has 0 spiro atoms. The smallest absolute Gasteiger partial charge is 0.264 e. The molecular formula is C23H22BrN3O4S. The third-order valence-electron chi connectivity index (χ3n) is 4.59. The molecule has 0 aliphatic heterocycles. The van der Waals surface area contributed by atoms with Crippen LogP contribution in [0, 0.1) is 6.92 Å². The highest BCUT2D eigenvalue weighted by Crippen LogP contribution is 2.26. The quantitative estimate of drug-likeness (QED) is 0.361. The fourth-order valence-corrected chi connectivity index (χ4v) is 4.89. The highest BCUT2D eigenvalue weighted by Gasteiger charge is 2.27. The number of carbonyl (C=O) groups is 1. The number of hydrogen-bond acceptors (Lipinski definition) is 5. The molecule has 32 heavy (non-hydrogen) atoms. The number of anilines is 1. The molecule has 0 atom stereocenters. The fraction of sp³-hybridized carbons (Fsp3) is 0.130. The Morgan fingerprint density at radius 1 is 1.09 bits per heavy atom. The third-order valence-corrected chi connectivity index (χ3v) is 6.85. The van der Waals surface area contributed by atoms with Crippen LogP contribution in [-0.4, -0.2) is 34.2 Å². The maximum absolute atomic E-state index is 13.3. The van der Waals surface area contributed by atoms with Crippen LogP contribution in [0.3, 0.4) is 0 Å². The first-order chi connectivity index (χ1) is 15.3. The van der Waals surface area contributed by atoms with E-state index < -0.39 is 22.5 Å². The second kappa shape index (κ2) is 10.4. The number of amides is 1. The molecule has 0 heterocycles. The van der Waals surface area contributed by atoms with Gasteiger partial charge in [-0.15, -0.1) is 0 Å². The second-order valence-corrected chi connectivity index (χ2v) is 9.57. The number of sulfonamides is 1. The van der Waals surface area contributed by atoms with Gasteiger partial charge >= 0.3 is 0 Å². The summed E-state index contributed by atoms with van der Waals surface area (Å²) >= 11 is 3.38. The van der Waals surface area contributed by atoms with E-state index in [1.807, 2.05) is 12.1 Å². The molecule has 7 nitrogen and oxygen atoms in total. The van der Waals surface area contributed by atoms with E-state index in [2.05, 4.69) is 26.5 Å². The van der Waals surface area contributed by atoms with Crippen LogP contribution in [0.2, 0.25) is 0 Å². The van der Waals surface area contributed by atoms with E-state index in [1.54, 1.807) is 55.5 Å². The summed E-state index contributed by atoms with van der Waals surface area (Å²) in [6.45, 7) is 1.35. The number of hydrogen-bond donors (Lipinski definition) is 1. The Bertz CT molecular complexity index is 1230. The number of methoxy groups -OCH3 is 1. The lowest BCUT2D eigenvalue weighted by molar-refractivity contribution is -0.119. The largest absolute Gasteiger partial charge is 0.496 e. The Kier molecular flexibility index (Phi) is 7.66. The monoisotopic (exact) mass is 515 g/mol. The van der Waals surface area contributed by atoms with Crippen molar-refractivity contribution in [3.05, 3.63) is 88.4 Å². The molecular weight excluding hydrogens is 494 g/mol. The van der Waals surface area contributed by atoms with E-state index in [4.69, 9.17) is 4.74 Å². The average Bonchev–Trinajstić information content (AvgIpc) is 2.79. The predicted octanol–water partition coefficient (Wildman–Crippen LogP) is 4.11. The van der Waals surface area contributed by atoms with Crippen LogP contribution in [0.15, 0.2) is 87.3 Å². The average molecular weight is 516 g/mol. The maximum Gasteiger partial charge on any atom is 0.264 e. The molecule has 0 unspecified atom stereocenters. The minimum absolute atomic E-state index is 0.0958. The van der Waals surface area contributed by atoms with Crippen molar-refractivity contribution in [3.8, 4) is 5.75 Å². The number of rotatable bonds is 8. The molecule has 0 radical (unpaired) electrons. The minimum Gasteiger partial charge on any atom is -0.496 e. The lowest BCUT2D eigenvalue weighted by atomic mass is 10.2. The van der Waals surface area contributed by atoms with Gasteiger partial charge in [-0.1, -0.05) is 52.3 Å². The highest BCUT2D eigenvalue weighted by molar-refractivity contribution is 9.10. The van der Waals surface area contributed by atoms with Gasteiger partial charge in [0.15, 0.2) is 0 Å². The summed E-state index contributed by atoms with van der Waals surface area (Å²) in [6, 6.07) is 20.4. The summed E-state index contributed by atoms with van der Waals surface area (Å²) < 4.78 is 33.8. The maximum atomic E-state index is 13.3. The SMILES string of the molecule is COc1ccc(Br)cc1/C=N/NC(=O)CN(c1ccccc1C)S(=O)(=O)c1ccccc1. The number of para-hydroxylation sites is 1. The molecule has 0 aliphatic rings. The molecule has 3 rings (SSSR count). The lowest BCUT2D eigenvalue weighted by Gasteiger charge is -2.25. The number of carbonyl (C=O) groups excluding carboxylic acids is 1. The summed E-state index contributed by atoms with van der Waals surface area (Å²) in [5.41, 5.74) is 4.19. The molecule has 0 bridgehead atoms. The first-order valence-corrected chi connectivity index (χ1v) is 11.8. The van der Waals surface area contributed by atoms with Gasteiger partial charge in [0.1, 0.15) is 12.3 Å². The first-order valence-electron chi connectivity index (χ1n) is 9.62. The number of nitrogens with one attached hydrogen (secondary N) is 1. The van der Waals surface area contributed by atoms with E-state index in [0.717, 1.165) is 14.3 Å². The van der Waals surface area contributed by atoms with Crippen molar-refractivity contribution in [1.29, 1.82) is 0 Å². The Morgan fingerprint density at radius 2 is 1.78 bits per heavy atom. The summed E-state index contributed by atoms with van der Waals surface area (Å²) in [6.07, 6.45) is 1.44. The molecule has 1 amide bonds. The zero-order chi connectivity index (χ0) is 23.1. The van der Waals surface area contributed by atoms with Gasteiger partial charge in [-0.05, 0) is 48.9 Å². The zero-order valence-corrected chi connectivity index (χ0v) is 19.9. The Morgan fingerprint density at radius 3 is 2.47 bits per heavy atom. The minimum atomic E-state index is -3.97. The van der Waals surface area contributed by atoms with Gasteiger partial charge < -0.3 is 4.74 Å². The molecule has 0 aliphatic carbocycles. The van der Waals surface area contributed by atoms with Crippen molar-refractivity contribution >= 4 is 43.8 Å². The van der Waals surface area contributed by atoms with Gasteiger partial charge in [0.05, 0.1) is 23.9 Å². The molecule has 3 aromatic carbocycles. The molecule has 1 N–H and O–H groups in total. The normalized spacial score (nSPS) is 11.3. The first kappa shape index (κ1) is 23.5. The van der Waals surface area contributed by atoms with Gasteiger partial charge in [-0.3, -0.25) is 9.10 Å². The van der Waals surface area contributed by atoms with Gasteiger partial charge in [-0.2, -0.15) is 5.10 Å². The number of nitrogens with zero attached hydrogens (tertiary/aromatic N) is 2. The van der Waals surface area contributed by atoms with E-state index in [0.29, 0.717) is 17.0 Å². The summed E-state index contributed by atoms with van der Waals surface area (Å²) in [5.74, 6) is -0.00244. The molecule has 0 saturated carbocycles. The topological polar surface area (TPSA) is 88.1 Å². The molecule has 166 valence electrons. The van der Waals surface area contributed by atoms with Crippen molar-refractivity contribution < 1.29 is 17.9 Å². The number of benzene rings is 3. The van der Waals surface area contributed by atoms with Gasteiger partial charge in [0, 0.05) is 10.0 Å². The third kappa shape index (κ3) is 5.54. The summed E-state index contributed by atoms with van der Waals surface area (Å²) in [7, 11) is -2.44. The van der Waals surface area contributed by atoms with Gasteiger partial charge in [-0.25, -0.2) is 13.8 Å². The molecule has 9 heteroatoms. The van der Waals surface area contributed by atoms with Crippen LogP contribution in [0.4, 0.5) is 5.69 Å². The van der Waals surface area contributed by atoms with Crippen molar-refractivity contribution in [2.45, 2.75) is 11.8 Å².